The van der Waals surface area contributed by atoms with Gasteiger partial charge in [-0.15, -0.1) is 0 Å². The van der Waals surface area contributed by atoms with E-state index in [1.807, 2.05) is 0 Å². The van der Waals surface area contributed by atoms with Crippen LogP contribution in [0.5, 0.6) is 0 Å². The van der Waals surface area contributed by atoms with Gasteiger partial charge in [0.25, 0.3) is 0 Å². The molecule has 3 heteroatoms. The summed E-state index contributed by atoms with van der Waals surface area (Å²) in [4.78, 5) is 5.50. The van der Waals surface area contributed by atoms with E-state index in [2.05, 4.69) is 16.7 Å². The van der Waals surface area contributed by atoms with Crippen LogP contribution in [0.25, 0.3) is 0 Å². The Morgan fingerprint density at radius 2 is 1.85 bits per heavy atom. The van der Waals surface area contributed by atoms with E-state index in [1.165, 1.54) is 77.5 Å². The summed E-state index contributed by atoms with van der Waals surface area (Å²) in [6, 6.07) is 1.93. The molecule has 0 radical (unpaired) electrons. The summed E-state index contributed by atoms with van der Waals surface area (Å²) in [6.07, 6.45) is 11.0. The molecule has 0 bridgehead atoms. The number of nitrogens with zero attached hydrogens (tertiary/aromatic N) is 2. The molecular formula is C17H33N3. The molecule has 3 fully saturated rings. The van der Waals surface area contributed by atoms with Crippen LogP contribution in [0, 0.1) is 5.92 Å². The lowest BCUT2D eigenvalue weighted by Crippen LogP contribution is -2.61. The largest absolute Gasteiger partial charge is 0.326 e. The van der Waals surface area contributed by atoms with Gasteiger partial charge in [-0.25, -0.2) is 0 Å². The lowest BCUT2D eigenvalue weighted by Gasteiger charge is -2.49. The molecule has 0 aromatic carbocycles. The van der Waals surface area contributed by atoms with E-state index in [4.69, 9.17) is 5.73 Å². The second kappa shape index (κ2) is 6.76. The molecule has 1 saturated carbocycles. The first-order valence-electron chi connectivity index (χ1n) is 9.01. The minimum absolute atomic E-state index is 0.429. The Hall–Kier alpha value is -0.120. The third-order valence-electron chi connectivity index (χ3n) is 6.01. The summed E-state index contributed by atoms with van der Waals surface area (Å²) < 4.78 is 0. The van der Waals surface area contributed by atoms with Crippen molar-refractivity contribution in [2.75, 3.05) is 26.2 Å². The number of hydrogen-bond acceptors (Lipinski definition) is 3. The average molecular weight is 279 g/mol. The summed E-state index contributed by atoms with van der Waals surface area (Å²) in [5.41, 5.74) is 6.48. The van der Waals surface area contributed by atoms with Crippen molar-refractivity contribution in [1.82, 2.24) is 9.80 Å². The standard InChI is InChI=1S/C17H33N3/c1-2-5-14-7-8-16(18)17(12-14)20-11-10-19-9-4-3-6-15(19)13-20/h14-17H,2-13,18H2,1H3. The zero-order valence-corrected chi connectivity index (χ0v) is 13.3. The van der Waals surface area contributed by atoms with Crippen molar-refractivity contribution in [3.63, 3.8) is 0 Å². The van der Waals surface area contributed by atoms with E-state index in [-0.39, 0.29) is 0 Å². The van der Waals surface area contributed by atoms with Crippen molar-refractivity contribution in [3.05, 3.63) is 0 Å². The van der Waals surface area contributed by atoms with Gasteiger partial charge in [0.2, 0.25) is 0 Å². The molecule has 3 aliphatic rings. The van der Waals surface area contributed by atoms with Crippen LogP contribution in [0.2, 0.25) is 0 Å². The Morgan fingerprint density at radius 3 is 2.70 bits per heavy atom. The predicted octanol–water partition coefficient (Wildman–Crippen LogP) is 2.45. The highest BCUT2D eigenvalue weighted by Gasteiger charge is 2.37. The number of nitrogens with two attached hydrogens (primary N) is 1. The summed E-state index contributed by atoms with van der Waals surface area (Å²) >= 11 is 0. The normalized spacial score (nSPS) is 40.5. The van der Waals surface area contributed by atoms with Gasteiger partial charge in [0.1, 0.15) is 0 Å². The average Bonchev–Trinajstić information content (AvgIpc) is 2.49. The van der Waals surface area contributed by atoms with Gasteiger partial charge in [0.15, 0.2) is 0 Å². The van der Waals surface area contributed by atoms with Gasteiger partial charge >= 0.3 is 0 Å². The Balaban J connectivity index is 1.59. The SMILES string of the molecule is CCCC1CCC(N)C(N2CCN3CCCCC3C2)C1. The molecule has 116 valence electrons. The summed E-state index contributed by atoms with van der Waals surface area (Å²) in [7, 11) is 0. The first-order chi connectivity index (χ1) is 9.78. The highest BCUT2D eigenvalue weighted by atomic mass is 15.3. The maximum Gasteiger partial charge on any atom is 0.0251 e. The van der Waals surface area contributed by atoms with Crippen LogP contribution in [0.15, 0.2) is 0 Å². The predicted molar refractivity (Wildman–Crippen MR) is 84.8 cm³/mol. The number of hydrogen-bond donors (Lipinski definition) is 1. The van der Waals surface area contributed by atoms with Gasteiger partial charge in [-0.1, -0.05) is 26.2 Å². The van der Waals surface area contributed by atoms with E-state index in [9.17, 15) is 0 Å². The maximum atomic E-state index is 6.48. The smallest absolute Gasteiger partial charge is 0.0251 e. The van der Waals surface area contributed by atoms with Crippen LogP contribution in [-0.2, 0) is 0 Å². The van der Waals surface area contributed by atoms with Crippen molar-refractivity contribution in [2.24, 2.45) is 11.7 Å². The van der Waals surface area contributed by atoms with Gasteiger partial charge in [0.05, 0.1) is 0 Å². The van der Waals surface area contributed by atoms with E-state index >= 15 is 0 Å². The van der Waals surface area contributed by atoms with Gasteiger partial charge < -0.3 is 5.73 Å². The van der Waals surface area contributed by atoms with Gasteiger partial charge in [0, 0.05) is 37.8 Å². The molecular weight excluding hydrogens is 246 g/mol. The fraction of sp³-hybridized carbons (Fsp3) is 1.00. The lowest BCUT2D eigenvalue weighted by atomic mass is 9.79. The van der Waals surface area contributed by atoms with E-state index < -0.39 is 0 Å². The fourth-order valence-corrected chi connectivity index (χ4v) is 4.83. The molecule has 2 aliphatic heterocycles. The third-order valence-corrected chi connectivity index (χ3v) is 6.01. The lowest BCUT2D eigenvalue weighted by molar-refractivity contribution is 0.00577. The van der Waals surface area contributed by atoms with Crippen LogP contribution in [0.1, 0.15) is 58.3 Å². The topological polar surface area (TPSA) is 32.5 Å². The minimum Gasteiger partial charge on any atom is -0.326 e. The first kappa shape index (κ1) is 14.8. The molecule has 3 nitrogen and oxygen atoms in total. The van der Waals surface area contributed by atoms with Crippen molar-refractivity contribution in [1.29, 1.82) is 0 Å². The quantitative estimate of drug-likeness (QED) is 0.861. The molecule has 0 aromatic rings. The molecule has 4 atom stereocenters. The van der Waals surface area contributed by atoms with Crippen LogP contribution >= 0.6 is 0 Å². The Morgan fingerprint density at radius 1 is 1.00 bits per heavy atom. The summed E-state index contributed by atoms with van der Waals surface area (Å²) in [6.45, 7) is 7.50. The Bertz CT molecular complexity index is 307. The van der Waals surface area contributed by atoms with E-state index in [0.29, 0.717) is 12.1 Å². The van der Waals surface area contributed by atoms with Gasteiger partial charge in [-0.3, -0.25) is 9.80 Å². The van der Waals surface area contributed by atoms with Crippen molar-refractivity contribution in [3.8, 4) is 0 Å². The molecule has 1 aliphatic carbocycles. The number of piperidine rings is 1. The molecule has 20 heavy (non-hydrogen) atoms. The molecule has 0 amide bonds. The fourth-order valence-electron chi connectivity index (χ4n) is 4.83. The van der Waals surface area contributed by atoms with Crippen LogP contribution < -0.4 is 5.73 Å². The molecule has 0 aromatic heterocycles. The van der Waals surface area contributed by atoms with Crippen LogP contribution in [-0.4, -0.2) is 54.1 Å². The maximum absolute atomic E-state index is 6.48. The third kappa shape index (κ3) is 3.20. The Kier molecular flexibility index (Phi) is 5.00. The summed E-state index contributed by atoms with van der Waals surface area (Å²) in [5, 5.41) is 0. The second-order valence-corrected chi connectivity index (χ2v) is 7.38. The Labute approximate surface area is 124 Å². The second-order valence-electron chi connectivity index (χ2n) is 7.38. The summed E-state index contributed by atoms with van der Waals surface area (Å²) in [5.74, 6) is 0.939. The zero-order valence-electron chi connectivity index (χ0n) is 13.3. The first-order valence-corrected chi connectivity index (χ1v) is 9.01. The van der Waals surface area contributed by atoms with E-state index in [1.54, 1.807) is 0 Å². The number of fused-ring (bicyclic) bond motifs is 1. The van der Waals surface area contributed by atoms with Gasteiger partial charge in [-0.2, -0.15) is 0 Å². The molecule has 0 spiro atoms. The highest BCUT2D eigenvalue weighted by Crippen LogP contribution is 2.32. The highest BCUT2D eigenvalue weighted by molar-refractivity contribution is 4.94. The van der Waals surface area contributed by atoms with Crippen molar-refractivity contribution >= 4 is 0 Å². The van der Waals surface area contributed by atoms with Crippen LogP contribution in [0.4, 0.5) is 0 Å². The van der Waals surface area contributed by atoms with Crippen molar-refractivity contribution in [2.45, 2.75) is 76.4 Å². The number of piperazine rings is 1. The van der Waals surface area contributed by atoms with Gasteiger partial charge in [-0.05, 0) is 44.6 Å². The number of rotatable bonds is 3. The van der Waals surface area contributed by atoms with Crippen LogP contribution in [0.3, 0.4) is 0 Å². The van der Waals surface area contributed by atoms with E-state index in [0.717, 1.165) is 12.0 Å². The molecule has 2 saturated heterocycles. The molecule has 2 heterocycles. The molecule has 3 rings (SSSR count). The van der Waals surface area contributed by atoms with Crippen molar-refractivity contribution < 1.29 is 0 Å². The molecule has 2 N–H and O–H groups in total. The monoisotopic (exact) mass is 279 g/mol. The minimum atomic E-state index is 0.429. The zero-order chi connectivity index (χ0) is 13.9. The molecule has 4 unspecified atom stereocenters.